The van der Waals surface area contributed by atoms with Crippen LogP contribution in [0.5, 0.6) is 17.2 Å². The standard InChI is InChI=1S/C26H24N2O6S/c1-5-32-25(30)22-15(3)27-26-28(23(22)17-8-9-18-20(12-17)34-13-33-18)24(29)21(35-26)11-16-7-6-14(2)19(10-16)31-4/h6-12,23H,5,13H2,1-4H3/b21-11-/t23-/m0/s1. The smallest absolute Gasteiger partial charge is 0.338 e. The van der Waals surface area contributed by atoms with Crippen LogP contribution in [0.2, 0.25) is 0 Å². The molecule has 35 heavy (non-hydrogen) atoms. The maximum absolute atomic E-state index is 13.7. The van der Waals surface area contributed by atoms with Crippen molar-refractivity contribution < 1.29 is 23.7 Å². The van der Waals surface area contributed by atoms with Crippen LogP contribution >= 0.6 is 11.3 Å². The lowest BCUT2D eigenvalue weighted by atomic mass is 9.95. The van der Waals surface area contributed by atoms with Crippen molar-refractivity contribution in [1.82, 2.24) is 4.57 Å². The van der Waals surface area contributed by atoms with Crippen molar-refractivity contribution in [3.63, 3.8) is 0 Å². The molecule has 1 atom stereocenters. The number of nitrogens with zero attached hydrogens (tertiary/aromatic N) is 2. The summed E-state index contributed by atoms with van der Waals surface area (Å²) in [6.45, 7) is 5.80. The molecule has 0 N–H and O–H groups in total. The normalized spacial score (nSPS) is 16.7. The first-order valence-corrected chi connectivity index (χ1v) is 12.0. The molecule has 9 heteroatoms. The fourth-order valence-electron chi connectivity index (χ4n) is 4.27. The Balaban J connectivity index is 1.71. The summed E-state index contributed by atoms with van der Waals surface area (Å²) >= 11 is 1.27. The highest BCUT2D eigenvalue weighted by atomic mass is 32.1. The van der Waals surface area contributed by atoms with Gasteiger partial charge in [-0.05, 0) is 61.7 Å². The molecule has 3 aromatic rings. The van der Waals surface area contributed by atoms with Gasteiger partial charge in [-0.15, -0.1) is 0 Å². The van der Waals surface area contributed by atoms with Crippen molar-refractivity contribution in [2.24, 2.45) is 4.99 Å². The topological polar surface area (TPSA) is 88.4 Å². The molecule has 3 heterocycles. The highest BCUT2D eigenvalue weighted by Gasteiger charge is 2.34. The molecule has 180 valence electrons. The number of aryl methyl sites for hydroxylation is 1. The molecule has 0 unspecified atom stereocenters. The summed E-state index contributed by atoms with van der Waals surface area (Å²) in [4.78, 5) is 31.8. The molecule has 0 aliphatic carbocycles. The van der Waals surface area contributed by atoms with E-state index in [1.54, 1.807) is 37.7 Å². The van der Waals surface area contributed by atoms with Crippen LogP contribution in [0.25, 0.3) is 6.08 Å². The van der Waals surface area contributed by atoms with Gasteiger partial charge in [0, 0.05) is 0 Å². The molecule has 2 aliphatic heterocycles. The van der Waals surface area contributed by atoms with Gasteiger partial charge in [-0.25, -0.2) is 9.79 Å². The van der Waals surface area contributed by atoms with Crippen LogP contribution in [-0.2, 0) is 9.53 Å². The molecule has 0 saturated heterocycles. The van der Waals surface area contributed by atoms with Crippen molar-refractivity contribution in [2.75, 3.05) is 20.5 Å². The van der Waals surface area contributed by atoms with Crippen LogP contribution < -0.4 is 29.1 Å². The largest absolute Gasteiger partial charge is 0.496 e. The lowest BCUT2D eigenvalue weighted by molar-refractivity contribution is -0.139. The van der Waals surface area contributed by atoms with Crippen LogP contribution in [0.3, 0.4) is 0 Å². The Kier molecular flexibility index (Phi) is 5.94. The molecule has 5 rings (SSSR count). The molecule has 1 aromatic heterocycles. The van der Waals surface area contributed by atoms with Crippen LogP contribution in [0.1, 0.15) is 36.6 Å². The first-order valence-electron chi connectivity index (χ1n) is 11.1. The number of allylic oxidation sites excluding steroid dienone is 1. The van der Waals surface area contributed by atoms with E-state index in [0.29, 0.717) is 37.7 Å². The number of thiazole rings is 1. The monoisotopic (exact) mass is 492 g/mol. The van der Waals surface area contributed by atoms with Crippen molar-refractivity contribution in [1.29, 1.82) is 0 Å². The number of carbonyl (C=O) groups is 1. The fourth-order valence-corrected chi connectivity index (χ4v) is 5.31. The summed E-state index contributed by atoms with van der Waals surface area (Å²) in [7, 11) is 1.62. The van der Waals surface area contributed by atoms with E-state index in [-0.39, 0.29) is 19.0 Å². The van der Waals surface area contributed by atoms with Crippen molar-refractivity contribution >= 4 is 23.4 Å². The fraction of sp³-hybridized carbons (Fsp3) is 0.269. The van der Waals surface area contributed by atoms with Crippen LogP contribution in [-0.4, -0.2) is 31.0 Å². The number of fused-ring (bicyclic) bond motifs is 2. The average Bonchev–Trinajstić information content (AvgIpc) is 3.43. The van der Waals surface area contributed by atoms with Gasteiger partial charge in [-0.3, -0.25) is 9.36 Å². The van der Waals surface area contributed by atoms with Gasteiger partial charge in [0.2, 0.25) is 6.79 Å². The second-order valence-electron chi connectivity index (χ2n) is 8.14. The minimum absolute atomic E-state index is 0.126. The first-order chi connectivity index (χ1) is 16.9. The SMILES string of the molecule is CCOC(=O)C1=C(C)N=c2s/c(=C\c3ccc(C)c(OC)c3)c(=O)n2[C@H]1c1ccc2c(c1)OCO2. The third-order valence-corrected chi connectivity index (χ3v) is 6.94. The van der Waals surface area contributed by atoms with E-state index in [1.807, 2.05) is 37.3 Å². The Bertz CT molecular complexity index is 1550. The Labute approximate surface area is 205 Å². The summed E-state index contributed by atoms with van der Waals surface area (Å²) in [6, 6.07) is 10.5. The van der Waals surface area contributed by atoms with Gasteiger partial charge in [-0.2, -0.15) is 0 Å². The van der Waals surface area contributed by atoms with Crippen LogP contribution in [0, 0.1) is 6.92 Å². The Morgan fingerprint density at radius 3 is 2.77 bits per heavy atom. The van der Waals surface area contributed by atoms with Crippen molar-refractivity contribution in [2.45, 2.75) is 26.8 Å². The van der Waals surface area contributed by atoms with Gasteiger partial charge in [0.1, 0.15) is 5.75 Å². The summed E-state index contributed by atoms with van der Waals surface area (Å²) in [5.41, 5.74) is 3.13. The summed E-state index contributed by atoms with van der Waals surface area (Å²) < 4.78 is 23.8. The number of hydrogen-bond donors (Lipinski definition) is 0. The summed E-state index contributed by atoms with van der Waals surface area (Å²) in [5.74, 6) is 1.42. The molecule has 2 aliphatic rings. The number of rotatable bonds is 5. The number of ether oxygens (including phenoxy) is 4. The molecule has 2 aromatic carbocycles. The molecule has 0 spiro atoms. The highest BCUT2D eigenvalue weighted by molar-refractivity contribution is 7.07. The summed E-state index contributed by atoms with van der Waals surface area (Å²) in [5, 5.41) is 0. The van der Waals surface area contributed by atoms with Crippen molar-refractivity contribution in [3.8, 4) is 17.2 Å². The quantitative estimate of drug-likeness (QED) is 0.509. The zero-order valence-corrected chi connectivity index (χ0v) is 20.6. The number of aromatic nitrogens is 1. The van der Waals surface area contributed by atoms with E-state index in [0.717, 1.165) is 16.9 Å². The first kappa shape index (κ1) is 22.9. The van der Waals surface area contributed by atoms with Crippen LogP contribution in [0.15, 0.2) is 57.5 Å². The highest BCUT2D eigenvalue weighted by Crippen LogP contribution is 2.38. The molecule has 0 fully saturated rings. The maximum atomic E-state index is 13.7. The van der Waals surface area contributed by atoms with Crippen LogP contribution in [0.4, 0.5) is 0 Å². The zero-order chi connectivity index (χ0) is 24.7. The van der Waals surface area contributed by atoms with E-state index in [9.17, 15) is 9.59 Å². The maximum Gasteiger partial charge on any atom is 0.338 e. The van der Waals surface area contributed by atoms with Gasteiger partial charge < -0.3 is 18.9 Å². The van der Waals surface area contributed by atoms with Gasteiger partial charge >= 0.3 is 5.97 Å². The minimum Gasteiger partial charge on any atom is -0.496 e. The van der Waals surface area contributed by atoms with Crippen molar-refractivity contribution in [3.05, 3.63) is 84.0 Å². The lowest BCUT2D eigenvalue weighted by Gasteiger charge is -2.24. The number of carbonyl (C=O) groups excluding carboxylic acids is 1. The second-order valence-corrected chi connectivity index (χ2v) is 9.15. The van der Waals surface area contributed by atoms with E-state index < -0.39 is 12.0 Å². The van der Waals surface area contributed by atoms with Gasteiger partial charge in [0.15, 0.2) is 16.3 Å². The summed E-state index contributed by atoms with van der Waals surface area (Å²) in [6.07, 6.45) is 1.81. The van der Waals surface area contributed by atoms with E-state index in [1.165, 1.54) is 11.3 Å². The molecular weight excluding hydrogens is 468 g/mol. The van der Waals surface area contributed by atoms with E-state index in [4.69, 9.17) is 18.9 Å². The Morgan fingerprint density at radius 1 is 1.20 bits per heavy atom. The molecule has 0 saturated carbocycles. The lowest BCUT2D eigenvalue weighted by Crippen LogP contribution is -2.39. The molecule has 0 amide bonds. The second kappa shape index (κ2) is 9.07. The van der Waals surface area contributed by atoms with E-state index >= 15 is 0 Å². The predicted octanol–water partition coefficient (Wildman–Crippen LogP) is 2.84. The average molecular weight is 493 g/mol. The zero-order valence-electron chi connectivity index (χ0n) is 19.8. The minimum atomic E-state index is -0.713. The van der Waals surface area contributed by atoms with Gasteiger partial charge in [0.25, 0.3) is 5.56 Å². The Hall–Kier alpha value is -3.85. The van der Waals surface area contributed by atoms with Gasteiger partial charge in [-0.1, -0.05) is 29.5 Å². The molecule has 0 bridgehead atoms. The van der Waals surface area contributed by atoms with E-state index in [2.05, 4.69) is 4.99 Å². The third kappa shape index (κ3) is 4.01. The predicted molar refractivity (Wildman–Crippen MR) is 131 cm³/mol. The van der Waals surface area contributed by atoms with Gasteiger partial charge in [0.05, 0.1) is 35.6 Å². The number of benzene rings is 2. The molecule has 8 nitrogen and oxygen atoms in total. The Morgan fingerprint density at radius 2 is 2.00 bits per heavy atom. The number of methoxy groups -OCH3 is 1. The number of esters is 1. The third-order valence-electron chi connectivity index (χ3n) is 5.96. The number of hydrogen-bond acceptors (Lipinski definition) is 8. The molecule has 0 radical (unpaired) electrons. The molecular formula is C26H24N2O6S.